The first kappa shape index (κ1) is 17.8. The third-order valence-electron chi connectivity index (χ3n) is 3.92. The number of nitrogens with one attached hydrogen (secondary N) is 1. The number of aromatic nitrogens is 2. The smallest absolute Gasteiger partial charge is 0.163 e. The predicted molar refractivity (Wildman–Crippen MR) is 102 cm³/mol. The monoisotopic (exact) mass is 353 g/mol. The van der Waals surface area contributed by atoms with E-state index in [2.05, 4.69) is 15.3 Å². The number of methoxy groups -OCH3 is 1. The van der Waals surface area contributed by atoms with Crippen LogP contribution in [0.15, 0.2) is 42.7 Å². The molecule has 0 amide bonds. The Labute approximate surface area is 153 Å². The quantitative estimate of drug-likeness (QED) is 0.659. The molecule has 0 aliphatic heterocycles. The highest BCUT2D eigenvalue weighted by atomic mass is 16.5. The van der Waals surface area contributed by atoms with Crippen LogP contribution in [0.25, 0.3) is 10.9 Å². The summed E-state index contributed by atoms with van der Waals surface area (Å²) in [5.41, 5.74) is 1.94. The molecule has 0 bridgehead atoms. The Kier molecular flexibility index (Phi) is 5.73. The number of rotatable bonds is 8. The van der Waals surface area contributed by atoms with Gasteiger partial charge in [0.05, 0.1) is 25.8 Å². The molecule has 1 N–H and O–H groups in total. The van der Waals surface area contributed by atoms with E-state index in [4.69, 9.17) is 14.2 Å². The normalized spacial score (nSPS) is 10.6. The molecular formula is C20H23N3O3. The third kappa shape index (κ3) is 3.96. The van der Waals surface area contributed by atoms with Gasteiger partial charge in [-0.05, 0) is 37.6 Å². The summed E-state index contributed by atoms with van der Waals surface area (Å²) in [6, 6.07) is 11.7. The van der Waals surface area contributed by atoms with Crippen LogP contribution in [0.1, 0.15) is 19.4 Å². The maximum atomic E-state index is 5.72. The lowest BCUT2D eigenvalue weighted by molar-refractivity contribution is 0.288. The standard InChI is InChI=1S/C20H23N3O3/c1-4-25-18-10-16-17(11-19(18)26-5-2)22-13-23-20(16)21-12-14-6-8-15(24-3)9-7-14/h6-11,13H,4-5,12H2,1-3H3,(H,21,22,23). The van der Waals surface area contributed by atoms with Crippen LogP contribution < -0.4 is 19.5 Å². The number of benzene rings is 2. The minimum Gasteiger partial charge on any atom is -0.497 e. The zero-order valence-corrected chi connectivity index (χ0v) is 15.3. The SMILES string of the molecule is CCOc1cc2ncnc(NCc3ccc(OC)cc3)c2cc1OCC. The lowest BCUT2D eigenvalue weighted by atomic mass is 10.2. The minimum absolute atomic E-state index is 0.563. The predicted octanol–water partition coefficient (Wildman–Crippen LogP) is 4.05. The second kappa shape index (κ2) is 8.38. The first-order chi connectivity index (χ1) is 12.7. The minimum atomic E-state index is 0.563. The van der Waals surface area contributed by atoms with Crippen molar-refractivity contribution in [2.75, 3.05) is 25.6 Å². The lowest BCUT2D eigenvalue weighted by Crippen LogP contribution is -2.04. The molecule has 3 rings (SSSR count). The molecule has 6 nitrogen and oxygen atoms in total. The Morgan fingerprint density at radius 1 is 0.923 bits per heavy atom. The van der Waals surface area contributed by atoms with Gasteiger partial charge in [-0.25, -0.2) is 9.97 Å². The van der Waals surface area contributed by atoms with Crippen LogP contribution in [0, 0.1) is 0 Å². The summed E-state index contributed by atoms with van der Waals surface area (Å²) in [5, 5.41) is 4.27. The Morgan fingerprint density at radius 3 is 2.27 bits per heavy atom. The molecule has 0 saturated heterocycles. The van der Waals surface area contributed by atoms with Crippen LogP contribution in [0.4, 0.5) is 5.82 Å². The van der Waals surface area contributed by atoms with Crippen molar-refractivity contribution < 1.29 is 14.2 Å². The second-order valence-electron chi connectivity index (χ2n) is 5.61. The fraction of sp³-hybridized carbons (Fsp3) is 0.300. The van der Waals surface area contributed by atoms with Crippen LogP contribution in [0.5, 0.6) is 17.2 Å². The van der Waals surface area contributed by atoms with Gasteiger partial charge in [0.1, 0.15) is 17.9 Å². The number of ether oxygens (including phenoxy) is 3. The van der Waals surface area contributed by atoms with Crippen molar-refractivity contribution in [2.24, 2.45) is 0 Å². The molecule has 0 saturated carbocycles. The molecular weight excluding hydrogens is 330 g/mol. The fourth-order valence-corrected chi connectivity index (χ4v) is 2.67. The summed E-state index contributed by atoms with van der Waals surface area (Å²) in [4.78, 5) is 8.75. The summed E-state index contributed by atoms with van der Waals surface area (Å²) in [7, 11) is 1.66. The molecule has 3 aromatic rings. The molecule has 0 aliphatic carbocycles. The molecule has 0 radical (unpaired) electrons. The fourth-order valence-electron chi connectivity index (χ4n) is 2.67. The van der Waals surface area contributed by atoms with Gasteiger partial charge in [0, 0.05) is 18.0 Å². The van der Waals surface area contributed by atoms with Crippen LogP contribution in [-0.4, -0.2) is 30.3 Å². The maximum Gasteiger partial charge on any atom is 0.163 e. The van der Waals surface area contributed by atoms with Crippen molar-refractivity contribution in [1.82, 2.24) is 9.97 Å². The van der Waals surface area contributed by atoms with E-state index in [0.29, 0.717) is 31.3 Å². The van der Waals surface area contributed by atoms with E-state index in [-0.39, 0.29) is 0 Å². The number of hydrogen-bond donors (Lipinski definition) is 1. The average molecular weight is 353 g/mol. The molecule has 136 valence electrons. The van der Waals surface area contributed by atoms with Gasteiger partial charge in [-0.1, -0.05) is 12.1 Å². The number of fused-ring (bicyclic) bond motifs is 1. The topological polar surface area (TPSA) is 65.5 Å². The number of nitrogens with zero attached hydrogens (tertiary/aromatic N) is 2. The Hall–Kier alpha value is -3.02. The molecule has 2 aromatic carbocycles. The Morgan fingerprint density at radius 2 is 1.62 bits per heavy atom. The Balaban J connectivity index is 1.88. The van der Waals surface area contributed by atoms with E-state index in [1.165, 1.54) is 0 Å². The van der Waals surface area contributed by atoms with Gasteiger partial charge in [-0.3, -0.25) is 0 Å². The van der Waals surface area contributed by atoms with Crippen LogP contribution in [0.2, 0.25) is 0 Å². The van der Waals surface area contributed by atoms with Crippen molar-refractivity contribution in [3.05, 3.63) is 48.3 Å². The van der Waals surface area contributed by atoms with E-state index in [0.717, 1.165) is 28.0 Å². The van der Waals surface area contributed by atoms with Crippen molar-refractivity contribution in [2.45, 2.75) is 20.4 Å². The zero-order chi connectivity index (χ0) is 18.4. The molecule has 1 heterocycles. The maximum absolute atomic E-state index is 5.72. The van der Waals surface area contributed by atoms with Gasteiger partial charge in [0.25, 0.3) is 0 Å². The summed E-state index contributed by atoms with van der Waals surface area (Å²) in [5.74, 6) is 2.99. The van der Waals surface area contributed by atoms with Gasteiger partial charge in [-0.15, -0.1) is 0 Å². The number of hydrogen-bond acceptors (Lipinski definition) is 6. The summed E-state index contributed by atoms with van der Waals surface area (Å²) in [6.45, 7) is 5.67. The van der Waals surface area contributed by atoms with Crippen LogP contribution >= 0.6 is 0 Å². The van der Waals surface area contributed by atoms with E-state index in [1.807, 2.05) is 50.2 Å². The Bertz CT molecular complexity index is 866. The van der Waals surface area contributed by atoms with Crippen molar-refractivity contribution in [1.29, 1.82) is 0 Å². The molecule has 6 heteroatoms. The van der Waals surface area contributed by atoms with E-state index < -0.39 is 0 Å². The summed E-state index contributed by atoms with van der Waals surface area (Å²) < 4.78 is 16.6. The highest BCUT2D eigenvalue weighted by Gasteiger charge is 2.11. The molecule has 0 fully saturated rings. The third-order valence-corrected chi connectivity index (χ3v) is 3.92. The van der Waals surface area contributed by atoms with E-state index >= 15 is 0 Å². The highest BCUT2D eigenvalue weighted by Crippen LogP contribution is 2.34. The summed E-state index contributed by atoms with van der Waals surface area (Å²) in [6.07, 6.45) is 1.55. The molecule has 0 atom stereocenters. The van der Waals surface area contributed by atoms with E-state index in [9.17, 15) is 0 Å². The molecule has 0 unspecified atom stereocenters. The average Bonchev–Trinajstić information content (AvgIpc) is 2.67. The largest absolute Gasteiger partial charge is 0.497 e. The molecule has 1 aromatic heterocycles. The van der Waals surface area contributed by atoms with Gasteiger partial charge in [0.15, 0.2) is 11.5 Å². The van der Waals surface area contributed by atoms with Gasteiger partial charge < -0.3 is 19.5 Å². The van der Waals surface area contributed by atoms with Crippen molar-refractivity contribution >= 4 is 16.7 Å². The second-order valence-corrected chi connectivity index (χ2v) is 5.61. The number of anilines is 1. The highest BCUT2D eigenvalue weighted by molar-refractivity contribution is 5.91. The van der Waals surface area contributed by atoms with Gasteiger partial charge in [-0.2, -0.15) is 0 Å². The molecule has 0 aliphatic rings. The zero-order valence-electron chi connectivity index (χ0n) is 15.3. The lowest BCUT2D eigenvalue weighted by Gasteiger charge is -2.14. The first-order valence-electron chi connectivity index (χ1n) is 8.66. The van der Waals surface area contributed by atoms with Crippen LogP contribution in [-0.2, 0) is 6.54 Å². The first-order valence-corrected chi connectivity index (χ1v) is 8.66. The van der Waals surface area contributed by atoms with Crippen molar-refractivity contribution in [3.63, 3.8) is 0 Å². The molecule has 26 heavy (non-hydrogen) atoms. The van der Waals surface area contributed by atoms with Crippen LogP contribution in [0.3, 0.4) is 0 Å². The van der Waals surface area contributed by atoms with E-state index in [1.54, 1.807) is 13.4 Å². The molecule has 0 spiro atoms. The van der Waals surface area contributed by atoms with Gasteiger partial charge >= 0.3 is 0 Å². The van der Waals surface area contributed by atoms with Crippen molar-refractivity contribution in [3.8, 4) is 17.2 Å². The van der Waals surface area contributed by atoms with Gasteiger partial charge in [0.2, 0.25) is 0 Å². The summed E-state index contributed by atoms with van der Waals surface area (Å²) >= 11 is 0.